The molecule has 196 valence electrons. The maximum Gasteiger partial charge on any atom is 0.308 e. The molecule has 0 bridgehead atoms. The van der Waals surface area contributed by atoms with E-state index in [1.54, 1.807) is 6.07 Å². The second-order valence-electron chi connectivity index (χ2n) is 9.38. The summed E-state index contributed by atoms with van der Waals surface area (Å²) in [6.07, 6.45) is 3.61. The van der Waals surface area contributed by atoms with E-state index in [1.807, 2.05) is 47.9 Å². The summed E-state index contributed by atoms with van der Waals surface area (Å²) < 4.78 is 14.1. The molecule has 1 atom stereocenters. The fourth-order valence-electron chi connectivity index (χ4n) is 5.29. The van der Waals surface area contributed by atoms with E-state index >= 15 is 0 Å². The van der Waals surface area contributed by atoms with Crippen LogP contribution in [0.2, 0.25) is 0 Å². The number of carbonyl (C=O) groups is 1. The number of halogens is 1. The van der Waals surface area contributed by atoms with Crippen LogP contribution in [-0.4, -0.2) is 17.1 Å². The molecule has 4 aromatic rings. The lowest BCUT2D eigenvalue weighted by Gasteiger charge is -2.30. The normalized spacial score (nSPS) is 16.2. The van der Waals surface area contributed by atoms with E-state index in [1.165, 1.54) is 29.4 Å². The average Bonchev–Trinajstić information content (AvgIpc) is 3.24. The first-order chi connectivity index (χ1) is 18.9. The lowest BCUT2D eigenvalue weighted by atomic mass is 9.83. The standard InChI is InChI=1S/C31H25BrN2O4S/c1-3-37-25-16-19(15-24(32)29(25)38-18(2)35)17-26-30(36)34-28(21-10-5-4-6-11-21)23-14-13-20-9-7-8-12-22(20)27(23)33-31(34)39-26/h4-12,15-17,28H,3,13-14H2,1-2H3/b26-17-/t28-/m0/s1. The number of benzene rings is 3. The molecule has 0 unspecified atom stereocenters. The van der Waals surface area contributed by atoms with Crippen LogP contribution in [0, 0.1) is 0 Å². The average molecular weight is 602 g/mol. The van der Waals surface area contributed by atoms with Crippen LogP contribution >= 0.6 is 27.3 Å². The molecule has 39 heavy (non-hydrogen) atoms. The number of fused-ring (bicyclic) bond motifs is 3. The minimum absolute atomic E-state index is 0.0869. The minimum Gasteiger partial charge on any atom is -0.490 e. The van der Waals surface area contributed by atoms with Gasteiger partial charge in [-0.1, -0.05) is 65.9 Å². The third-order valence-electron chi connectivity index (χ3n) is 6.86. The van der Waals surface area contributed by atoms with E-state index in [0.717, 1.165) is 35.2 Å². The SMILES string of the molecule is CCOc1cc(/C=c2\sc3n(c2=O)[C@@H](c2ccccc2)C2=C(N=3)c3ccccc3CC2)cc(Br)c1OC(C)=O. The number of esters is 1. The van der Waals surface area contributed by atoms with Crippen LogP contribution in [0.3, 0.4) is 0 Å². The Morgan fingerprint density at radius 1 is 1.13 bits per heavy atom. The molecule has 1 aliphatic heterocycles. The Hall–Kier alpha value is -3.75. The van der Waals surface area contributed by atoms with Crippen molar-refractivity contribution in [3.05, 3.63) is 119 Å². The zero-order valence-electron chi connectivity index (χ0n) is 21.4. The van der Waals surface area contributed by atoms with Crippen molar-refractivity contribution in [1.29, 1.82) is 0 Å². The first-order valence-corrected chi connectivity index (χ1v) is 14.4. The van der Waals surface area contributed by atoms with Gasteiger partial charge in [0.2, 0.25) is 0 Å². The molecule has 6 nitrogen and oxygen atoms in total. The lowest BCUT2D eigenvalue weighted by molar-refractivity contribution is -0.132. The summed E-state index contributed by atoms with van der Waals surface area (Å²) in [6.45, 7) is 3.61. The third kappa shape index (κ3) is 4.68. The molecule has 0 saturated heterocycles. The summed E-state index contributed by atoms with van der Waals surface area (Å²) in [5.74, 6) is 0.304. The van der Waals surface area contributed by atoms with Crippen molar-refractivity contribution in [1.82, 2.24) is 4.57 Å². The van der Waals surface area contributed by atoms with Crippen molar-refractivity contribution in [2.24, 2.45) is 4.99 Å². The van der Waals surface area contributed by atoms with Crippen molar-refractivity contribution >= 4 is 45.0 Å². The highest BCUT2D eigenvalue weighted by molar-refractivity contribution is 9.10. The predicted molar refractivity (Wildman–Crippen MR) is 156 cm³/mol. The van der Waals surface area contributed by atoms with Crippen LogP contribution in [0.1, 0.15) is 48.6 Å². The molecule has 8 heteroatoms. The van der Waals surface area contributed by atoms with E-state index in [2.05, 4.69) is 46.3 Å². The molecular formula is C31H25BrN2O4S. The number of hydrogen-bond donors (Lipinski definition) is 0. The van der Waals surface area contributed by atoms with Gasteiger partial charge in [0.05, 0.1) is 27.4 Å². The Morgan fingerprint density at radius 2 is 1.90 bits per heavy atom. The van der Waals surface area contributed by atoms with Gasteiger partial charge in [-0.05, 0) is 76.2 Å². The highest BCUT2D eigenvalue weighted by Crippen LogP contribution is 2.41. The number of aryl methyl sites for hydroxylation is 1. The molecular weight excluding hydrogens is 576 g/mol. The maximum absolute atomic E-state index is 14.0. The van der Waals surface area contributed by atoms with Crippen molar-refractivity contribution in [2.45, 2.75) is 32.7 Å². The Labute approximate surface area is 237 Å². The Balaban J connectivity index is 1.55. The molecule has 3 aromatic carbocycles. The first kappa shape index (κ1) is 25.5. The van der Waals surface area contributed by atoms with Gasteiger partial charge in [-0.25, -0.2) is 4.99 Å². The molecule has 0 N–H and O–H groups in total. The number of aromatic nitrogens is 1. The Kier molecular flexibility index (Phi) is 6.83. The van der Waals surface area contributed by atoms with Gasteiger partial charge in [0.25, 0.3) is 5.56 Å². The largest absolute Gasteiger partial charge is 0.490 e. The van der Waals surface area contributed by atoms with E-state index in [-0.39, 0.29) is 11.6 Å². The summed E-state index contributed by atoms with van der Waals surface area (Å²) >= 11 is 4.88. The smallest absolute Gasteiger partial charge is 0.308 e. The first-order valence-electron chi connectivity index (χ1n) is 12.8. The van der Waals surface area contributed by atoms with E-state index in [0.29, 0.717) is 31.9 Å². The Morgan fingerprint density at radius 3 is 2.67 bits per heavy atom. The second kappa shape index (κ2) is 10.4. The van der Waals surface area contributed by atoms with Gasteiger partial charge in [-0.3, -0.25) is 14.2 Å². The van der Waals surface area contributed by atoms with Gasteiger partial charge in [-0.15, -0.1) is 0 Å². The molecule has 1 aromatic heterocycles. The summed E-state index contributed by atoms with van der Waals surface area (Å²) in [7, 11) is 0. The summed E-state index contributed by atoms with van der Waals surface area (Å²) in [5, 5.41) is 0. The predicted octanol–water partition coefficient (Wildman–Crippen LogP) is 5.41. The van der Waals surface area contributed by atoms with Crippen LogP contribution in [0.15, 0.2) is 86.6 Å². The van der Waals surface area contributed by atoms with Crippen LogP contribution in [-0.2, 0) is 11.2 Å². The zero-order valence-corrected chi connectivity index (χ0v) is 23.8. The Bertz CT molecular complexity index is 1820. The highest BCUT2D eigenvalue weighted by Gasteiger charge is 2.32. The lowest BCUT2D eigenvalue weighted by Crippen LogP contribution is -2.38. The summed E-state index contributed by atoms with van der Waals surface area (Å²) in [4.78, 5) is 31.3. The topological polar surface area (TPSA) is 69.9 Å². The molecule has 2 heterocycles. The monoisotopic (exact) mass is 600 g/mol. The number of hydrogen-bond acceptors (Lipinski definition) is 6. The molecule has 1 aliphatic carbocycles. The van der Waals surface area contributed by atoms with Crippen molar-refractivity contribution < 1.29 is 14.3 Å². The minimum atomic E-state index is -0.441. The number of allylic oxidation sites excluding steroid dienone is 1. The summed E-state index contributed by atoms with van der Waals surface area (Å²) in [6, 6.07) is 22.0. The molecule has 0 saturated carbocycles. The van der Waals surface area contributed by atoms with E-state index < -0.39 is 5.97 Å². The second-order valence-corrected chi connectivity index (χ2v) is 11.2. The van der Waals surface area contributed by atoms with Crippen LogP contribution < -0.4 is 24.4 Å². The fourth-order valence-corrected chi connectivity index (χ4v) is 6.83. The third-order valence-corrected chi connectivity index (χ3v) is 8.44. The molecule has 0 spiro atoms. The zero-order chi connectivity index (χ0) is 27.1. The van der Waals surface area contributed by atoms with Crippen molar-refractivity contribution in [3.8, 4) is 11.5 Å². The van der Waals surface area contributed by atoms with Gasteiger partial charge in [-0.2, -0.15) is 0 Å². The van der Waals surface area contributed by atoms with E-state index in [4.69, 9.17) is 14.5 Å². The summed E-state index contributed by atoms with van der Waals surface area (Å²) in [5.41, 5.74) is 6.31. The molecule has 2 aliphatic rings. The van der Waals surface area contributed by atoms with Gasteiger partial charge < -0.3 is 9.47 Å². The number of nitrogens with zero attached hydrogens (tertiary/aromatic N) is 2. The van der Waals surface area contributed by atoms with Gasteiger partial charge in [0, 0.05) is 12.5 Å². The molecule has 0 radical (unpaired) electrons. The number of carbonyl (C=O) groups excluding carboxylic acids is 1. The molecule has 6 rings (SSSR count). The highest BCUT2D eigenvalue weighted by atomic mass is 79.9. The quantitative estimate of drug-likeness (QED) is 0.227. The van der Waals surface area contributed by atoms with Crippen LogP contribution in [0.4, 0.5) is 0 Å². The van der Waals surface area contributed by atoms with E-state index in [9.17, 15) is 9.59 Å². The fraction of sp³-hybridized carbons (Fsp3) is 0.194. The maximum atomic E-state index is 14.0. The van der Waals surface area contributed by atoms with Gasteiger partial charge >= 0.3 is 5.97 Å². The van der Waals surface area contributed by atoms with Crippen LogP contribution in [0.25, 0.3) is 11.8 Å². The van der Waals surface area contributed by atoms with Crippen LogP contribution in [0.5, 0.6) is 11.5 Å². The van der Waals surface area contributed by atoms with Gasteiger partial charge in [0.1, 0.15) is 0 Å². The van der Waals surface area contributed by atoms with Gasteiger partial charge in [0.15, 0.2) is 16.3 Å². The molecule has 0 fully saturated rings. The number of thiazole rings is 1. The van der Waals surface area contributed by atoms with Crippen molar-refractivity contribution in [3.63, 3.8) is 0 Å². The number of rotatable bonds is 5. The van der Waals surface area contributed by atoms with Crippen molar-refractivity contribution in [2.75, 3.05) is 6.61 Å². The molecule has 0 amide bonds. The number of ether oxygens (including phenoxy) is 2.